The smallest absolute Gasteiger partial charge is 0.269 e. The van der Waals surface area contributed by atoms with Gasteiger partial charge in [-0.1, -0.05) is 59.0 Å². The summed E-state index contributed by atoms with van der Waals surface area (Å²) in [5, 5.41) is 14.8. The molecule has 5 nitrogen and oxygen atoms in total. The van der Waals surface area contributed by atoms with Gasteiger partial charge in [0.15, 0.2) is 4.34 Å². The van der Waals surface area contributed by atoms with Crippen LogP contribution in [-0.2, 0) is 0 Å². The largest absolute Gasteiger partial charge is 0.296 e. The third kappa shape index (κ3) is 3.86. The molecule has 1 amide bonds. The third-order valence-corrected chi connectivity index (χ3v) is 8.38. The molecular weight excluding hydrogens is 479 g/mol. The number of rotatable bonds is 4. The number of pyridine rings is 1. The van der Waals surface area contributed by atoms with Gasteiger partial charge in [0, 0.05) is 26.4 Å². The summed E-state index contributed by atoms with van der Waals surface area (Å²) in [6, 6.07) is 9.61. The van der Waals surface area contributed by atoms with Crippen molar-refractivity contribution in [3.8, 4) is 0 Å². The van der Waals surface area contributed by atoms with Crippen LogP contribution in [0.5, 0.6) is 0 Å². The van der Waals surface area contributed by atoms with E-state index in [4.69, 9.17) is 23.2 Å². The monoisotopic (exact) mass is 490 g/mol. The van der Waals surface area contributed by atoms with Gasteiger partial charge in [-0.25, -0.2) is 0 Å². The fraction of sp³-hybridized carbons (Fsp3) is 0.100. The standard InChI is InChI=1S/C20H12Cl2N4OS3/c21-10-5-6-11-13(9-10)23-8-7-15(11)29-20-26-25-19(30-20)24-18(27)17-16(22)12-3-1-2-4-14(12)28-17/h1-4,6-10H,5H2,(H,24,25,27). The van der Waals surface area contributed by atoms with Gasteiger partial charge >= 0.3 is 0 Å². The van der Waals surface area contributed by atoms with Crippen LogP contribution in [0.2, 0.25) is 5.02 Å². The number of halogens is 2. The summed E-state index contributed by atoms with van der Waals surface area (Å²) in [6.45, 7) is 0. The molecule has 3 aromatic heterocycles. The second kappa shape index (κ2) is 8.28. The van der Waals surface area contributed by atoms with Crippen LogP contribution < -0.4 is 15.9 Å². The lowest BCUT2D eigenvalue weighted by atomic mass is 10.1. The quantitative estimate of drug-likeness (QED) is 0.329. The molecule has 0 bridgehead atoms. The van der Waals surface area contributed by atoms with Crippen LogP contribution in [0.3, 0.4) is 0 Å². The van der Waals surface area contributed by atoms with E-state index in [1.807, 2.05) is 36.4 Å². The van der Waals surface area contributed by atoms with E-state index in [9.17, 15) is 4.79 Å². The maximum Gasteiger partial charge on any atom is 0.269 e. The maximum absolute atomic E-state index is 12.7. The van der Waals surface area contributed by atoms with Crippen molar-refractivity contribution in [1.29, 1.82) is 0 Å². The lowest BCUT2D eigenvalue weighted by Crippen LogP contribution is -2.33. The predicted molar refractivity (Wildman–Crippen MR) is 125 cm³/mol. The Morgan fingerprint density at radius 2 is 2.07 bits per heavy atom. The molecule has 30 heavy (non-hydrogen) atoms. The van der Waals surface area contributed by atoms with Gasteiger partial charge in [-0.15, -0.1) is 33.1 Å². The molecule has 1 aliphatic carbocycles. The van der Waals surface area contributed by atoms with Crippen LogP contribution in [0.1, 0.15) is 16.1 Å². The molecule has 0 saturated carbocycles. The molecule has 0 spiro atoms. The van der Waals surface area contributed by atoms with E-state index in [1.54, 1.807) is 6.20 Å². The highest BCUT2D eigenvalue weighted by Crippen LogP contribution is 2.36. The number of amides is 1. The van der Waals surface area contributed by atoms with E-state index in [0.717, 1.165) is 36.3 Å². The third-order valence-electron chi connectivity index (χ3n) is 4.43. The van der Waals surface area contributed by atoms with Gasteiger partial charge in [0.05, 0.1) is 15.7 Å². The van der Waals surface area contributed by atoms with E-state index in [1.165, 1.54) is 34.4 Å². The summed E-state index contributed by atoms with van der Waals surface area (Å²) in [5.74, 6) is -0.286. The van der Waals surface area contributed by atoms with E-state index < -0.39 is 0 Å². The van der Waals surface area contributed by atoms with Crippen molar-refractivity contribution in [1.82, 2.24) is 15.2 Å². The molecule has 1 N–H and O–H groups in total. The molecular formula is C20H12Cl2N4OS3. The van der Waals surface area contributed by atoms with Gasteiger partial charge in [-0.05, 0) is 24.6 Å². The second-order valence-corrected chi connectivity index (χ2v) is 10.7. The maximum atomic E-state index is 12.7. The molecule has 3 heterocycles. The fourth-order valence-electron chi connectivity index (χ4n) is 3.08. The number of thiophene rings is 1. The Morgan fingerprint density at radius 1 is 1.20 bits per heavy atom. The number of hydrogen-bond acceptors (Lipinski definition) is 7. The average molecular weight is 491 g/mol. The van der Waals surface area contributed by atoms with Crippen LogP contribution in [0, 0.1) is 0 Å². The van der Waals surface area contributed by atoms with Crippen LogP contribution in [0.25, 0.3) is 22.2 Å². The Bertz CT molecular complexity index is 1400. The Labute approximate surface area is 193 Å². The number of hydrogen-bond donors (Lipinski definition) is 1. The summed E-state index contributed by atoms with van der Waals surface area (Å²) in [5.41, 5.74) is 0. The molecule has 1 aromatic carbocycles. The number of anilines is 1. The van der Waals surface area contributed by atoms with Crippen LogP contribution in [0.4, 0.5) is 5.13 Å². The van der Waals surface area contributed by atoms with Crippen molar-refractivity contribution in [3.05, 3.63) is 57.0 Å². The lowest BCUT2D eigenvalue weighted by Gasteiger charge is -2.07. The molecule has 150 valence electrons. The van der Waals surface area contributed by atoms with Crippen molar-refractivity contribution in [2.24, 2.45) is 0 Å². The first-order chi connectivity index (χ1) is 14.6. The van der Waals surface area contributed by atoms with E-state index in [2.05, 4.69) is 26.6 Å². The second-order valence-electron chi connectivity index (χ2n) is 6.40. The van der Waals surface area contributed by atoms with Crippen LogP contribution in [0.15, 0.2) is 45.8 Å². The van der Waals surface area contributed by atoms with Crippen molar-refractivity contribution >= 4 is 90.9 Å². The first-order valence-electron chi connectivity index (χ1n) is 8.89. The summed E-state index contributed by atoms with van der Waals surface area (Å²) < 4.78 is 1.69. The first kappa shape index (κ1) is 20.0. The van der Waals surface area contributed by atoms with Gasteiger partial charge in [0.2, 0.25) is 5.13 Å². The zero-order valence-electron chi connectivity index (χ0n) is 15.1. The van der Waals surface area contributed by atoms with Crippen molar-refractivity contribution in [3.63, 3.8) is 0 Å². The normalized spacial score (nSPS) is 15.3. The molecule has 0 aliphatic heterocycles. The van der Waals surface area contributed by atoms with Crippen LogP contribution in [-0.4, -0.2) is 26.5 Å². The summed E-state index contributed by atoms with van der Waals surface area (Å²) in [7, 11) is 0. The summed E-state index contributed by atoms with van der Waals surface area (Å²) in [6.07, 6.45) is 6.58. The number of nitrogens with one attached hydrogen (secondary N) is 1. The topological polar surface area (TPSA) is 67.8 Å². The summed E-state index contributed by atoms with van der Waals surface area (Å²) >= 11 is 16.8. The zero-order valence-corrected chi connectivity index (χ0v) is 19.1. The zero-order chi connectivity index (χ0) is 20.7. The minimum atomic E-state index is -0.286. The van der Waals surface area contributed by atoms with Crippen molar-refractivity contribution < 1.29 is 4.79 Å². The Balaban J connectivity index is 1.37. The SMILES string of the molecule is O=C(Nc1nnc(Sc2ccnc3c2=CCC(Cl)C=3)s1)c1sc2ccccc2c1Cl. The minimum absolute atomic E-state index is 0.0330. The number of alkyl halides is 1. The predicted octanol–water partition coefficient (Wildman–Crippen LogP) is 4.78. The Hall–Kier alpha value is -1.97. The van der Waals surface area contributed by atoms with Crippen LogP contribution >= 0.6 is 57.6 Å². The average Bonchev–Trinajstić information content (AvgIpc) is 3.32. The van der Waals surface area contributed by atoms with Crippen molar-refractivity contribution in [2.75, 3.05) is 5.32 Å². The molecule has 0 radical (unpaired) electrons. The van der Waals surface area contributed by atoms with Gasteiger partial charge in [0.25, 0.3) is 5.91 Å². The number of fused-ring (bicyclic) bond motifs is 2. The lowest BCUT2D eigenvalue weighted by molar-refractivity contribution is 0.103. The van der Waals surface area contributed by atoms with E-state index in [-0.39, 0.29) is 11.3 Å². The van der Waals surface area contributed by atoms with Gasteiger partial charge in [-0.2, -0.15) is 0 Å². The number of benzene rings is 1. The highest BCUT2D eigenvalue weighted by atomic mass is 35.5. The van der Waals surface area contributed by atoms with Gasteiger partial charge in [0.1, 0.15) is 4.88 Å². The minimum Gasteiger partial charge on any atom is -0.296 e. The molecule has 1 atom stereocenters. The van der Waals surface area contributed by atoms with Gasteiger partial charge < -0.3 is 0 Å². The van der Waals surface area contributed by atoms with Gasteiger partial charge in [-0.3, -0.25) is 15.1 Å². The highest BCUT2D eigenvalue weighted by Gasteiger charge is 2.19. The molecule has 5 rings (SSSR count). The molecule has 0 fully saturated rings. The molecule has 10 heteroatoms. The highest BCUT2D eigenvalue weighted by molar-refractivity contribution is 8.01. The molecule has 0 saturated heterocycles. The van der Waals surface area contributed by atoms with E-state index in [0.29, 0.717) is 15.0 Å². The fourth-order valence-corrected chi connectivity index (χ4v) is 6.54. The van der Waals surface area contributed by atoms with Crippen molar-refractivity contribution in [2.45, 2.75) is 21.0 Å². The molecule has 4 aromatic rings. The summed E-state index contributed by atoms with van der Waals surface area (Å²) in [4.78, 5) is 18.6. The molecule has 1 unspecified atom stereocenters. The Kier molecular flexibility index (Phi) is 5.51. The molecule has 1 aliphatic rings. The Morgan fingerprint density at radius 3 is 2.93 bits per heavy atom. The number of nitrogens with zero attached hydrogens (tertiary/aromatic N) is 3. The van der Waals surface area contributed by atoms with E-state index >= 15 is 0 Å². The first-order valence-corrected chi connectivity index (χ1v) is 12.2. The number of carbonyl (C=O) groups excluding carboxylic acids is 1. The number of carbonyl (C=O) groups is 1. The number of aromatic nitrogens is 3.